The molecule has 11 heteroatoms. The van der Waals surface area contributed by atoms with E-state index in [1.165, 1.54) is 6.07 Å². The summed E-state index contributed by atoms with van der Waals surface area (Å²) in [5.41, 5.74) is 3.67. The van der Waals surface area contributed by atoms with E-state index in [0.717, 1.165) is 11.6 Å². The van der Waals surface area contributed by atoms with E-state index < -0.39 is 15.7 Å². The normalized spacial score (nSPS) is 17.6. The first-order valence-corrected chi connectivity index (χ1v) is 15.2. The summed E-state index contributed by atoms with van der Waals surface area (Å²) >= 11 is 0. The van der Waals surface area contributed by atoms with Gasteiger partial charge in [0.1, 0.15) is 0 Å². The summed E-state index contributed by atoms with van der Waals surface area (Å²) in [5, 5.41) is 3.60. The zero-order valence-electron chi connectivity index (χ0n) is 23.6. The maximum atomic E-state index is 15.2. The summed E-state index contributed by atoms with van der Waals surface area (Å²) in [6, 6.07) is 11.8. The maximum Gasteiger partial charge on any atom is 0.251 e. The topological polar surface area (TPSA) is 114 Å². The number of amides is 1. The third kappa shape index (κ3) is 6.20. The minimum absolute atomic E-state index is 0.0399. The highest BCUT2D eigenvalue weighted by molar-refractivity contribution is 7.90. The van der Waals surface area contributed by atoms with Gasteiger partial charge in [0.05, 0.1) is 46.2 Å². The molecule has 1 aliphatic rings. The number of anilines is 1. The Hall–Kier alpha value is -3.96. The zero-order chi connectivity index (χ0) is 29.5. The zero-order valence-corrected chi connectivity index (χ0v) is 24.4. The van der Waals surface area contributed by atoms with Crippen LogP contribution in [0.2, 0.25) is 0 Å². The van der Waals surface area contributed by atoms with E-state index >= 15 is 4.39 Å². The number of fused-ring (bicyclic) bond motifs is 1. The van der Waals surface area contributed by atoms with Crippen molar-refractivity contribution in [2.24, 2.45) is 0 Å². The average molecular weight is 578 g/mol. The Morgan fingerprint density at radius 2 is 1.76 bits per heavy atom. The molecule has 4 aromatic rings. The summed E-state index contributed by atoms with van der Waals surface area (Å²) in [6.45, 7) is 8.53. The Morgan fingerprint density at radius 3 is 2.46 bits per heavy atom. The van der Waals surface area contributed by atoms with Gasteiger partial charge in [-0.05, 0) is 75.2 Å². The van der Waals surface area contributed by atoms with Crippen LogP contribution in [0, 0.1) is 19.7 Å². The number of nitrogens with one attached hydrogen (secondary N) is 1. The maximum absolute atomic E-state index is 15.2. The highest BCUT2D eigenvalue weighted by atomic mass is 32.2. The van der Waals surface area contributed by atoms with E-state index in [4.69, 9.17) is 9.72 Å². The molecular weight excluding hydrogens is 545 g/mol. The van der Waals surface area contributed by atoms with Crippen molar-refractivity contribution in [3.05, 3.63) is 76.9 Å². The number of sulfone groups is 1. The van der Waals surface area contributed by atoms with Crippen molar-refractivity contribution in [1.29, 1.82) is 0 Å². The van der Waals surface area contributed by atoms with Crippen LogP contribution in [-0.4, -0.2) is 60.8 Å². The lowest BCUT2D eigenvalue weighted by atomic mass is 10.1. The van der Waals surface area contributed by atoms with Gasteiger partial charge in [-0.15, -0.1) is 0 Å². The van der Waals surface area contributed by atoms with Crippen molar-refractivity contribution in [2.45, 2.75) is 51.3 Å². The van der Waals surface area contributed by atoms with Crippen LogP contribution in [0.25, 0.3) is 22.3 Å². The van der Waals surface area contributed by atoms with Gasteiger partial charge in [0, 0.05) is 36.5 Å². The molecule has 5 rings (SSSR count). The van der Waals surface area contributed by atoms with Crippen molar-refractivity contribution >= 4 is 32.5 Å². The van der Waals surface area contributed by atoms with Gasteiger partial charge in [0.15, 0.2) is 21.5 Å². The van der Waals surface area contributed by atoms with Crippen molar-refractivity contribution in [2.75, 3.05) is 24.2 Å². The number of pyridine rings is 3. The summed E-state index contributed by atoms with van der Waals surface area (Å²) in [7, 11) is -3.46. The number of morpholine rings is 1. The molecule has 0 unspecified atom stereocenters. The molecule has 0 spiro atoms. The number of hydrogen-bond donors (Lipinski definition) is 1. The van der Waals surface area contributed by atoms with Gasteiger partial charge >= 0.3 is 0 Å². The fourth-order valence-electron chi connectivity index (χ4n) is 5.04. The monoisotopic (exact) mass is 577 g/mol. The number of halogens is 1. The largest absolute Gasteiger partial charge is 0.372 e. The highest BCUT2D eigenvalue weighted by Gasteiger charge is 2.26. The summed E-state index contributed by atoms with van der Waals surface area (Å²) < 4.78 is 45.1. The number of aromatic nitrogens is 3. The number of ether oxygens (including phenoxy) is 1. The van der Waals surface area contributed by atoms with Gasteiger partial charge in [-0.25, -0.2) is 22.8 Å². The lowest BCUT2D eigenvalue weighted by Gasteiger charge is -2.36. The van der Waals surface area contributed by atoms with E-state index in [9.17, 15) is 13.2 Å². The number of rotatable bonds is 6. The number of carbonyl (C=O) groups excluding carboxylic acids is 1. The van der Waals surface area contributed by atoms with Crippen LogP contribution in [0.5, 0.6) is 0 Å². The molecule has 0 bridgehead atoms. The Morgan fingerprint density at radius 1 is 1.02 bits per heavy atom. The predicted molar refractivity (Wildman–Crippen MR) is 155 cm³/mol. The Bertz CT molecular complexity index is 1750. The van der Waals surface area contributed by atoms with Crippen molar-refractivity contribution < 1.29 is 22.3 Å². The van der Waals surface area contributed by atoms with Gasteiger partial charge in [0.2, 0.25) is 0 Å². The molecule has 1 N–H and O–H groups in total. The average Bonchev–Trinajstić information content (AvgIpc) is 2.91. The van der Waals surface area contributed by atoms with Crippen LogP contribution in [0.4, 0.5) is 10.2 Å². The highest BCUT2D eigenvalue weighted by Crippen LogP contribution is 2.29. The van der Waals surface area contributed by atoms with Crippen molar-refractivity contribution in [3.63, 3.8) is 0 Å². The Kier molecular flexibility index (Phi) is 7.76. The van der Waals surface area contributed by atoms with Gasteiger partial charge in [-0.3, -0.25) is 9.78 Å². The lowest BCUT2D eigenvalue weighted by Crippen LogP contribution is -2.46. The molecule has 1 aromatic carbocycles. The minimum Gasteiger partial charge on any atom is -0.372 e. The lowest BCUT2D eigenvalue weighted by molar-refractivity contribution is -0.00565. The predicted octanol–water partition coefficient (Wildman–Crippen LogP) is 4.39. The van der Waals surface area contributed by atoms with Crippen LogP contribution in [0.3, 0.4) is 0 Å². The van der Waals surface area contributed by atoms with E-state index in [0.29, 0.717) is 46.8 Å². The third-order valence-corrected chi connectivity index (χ3v) is 8.25. The van der Waals surface area contributed by atoms with Crippen molar-refractivity contribution in [3.8, 4) is 11.4 Å². The summed E-state index contributed by atoms with van der Waals surface area (Å²) in [5.74, 6) is -0.476. The molecule has 0 saturated carbocycles. The second kappa shape index (κ2) is 11.1. The number of benzene rings is 1. The van der Waals surface area contributed by atoms with Crippen LogP contribution < -0.4 is 10.2 Å². The SMILES string of the molecule is Cc1ccc(C(=O)NCc2cc3nc(-c4cc(C)c(F)c(N5C[C@@H](C)O[C@@H](C)C5)n4)ccc3cn2)cc1S(C)(=O)=O. The number of carbonyl (C=O) groups is 1. The Balaban J connectivity index is 1.39. The molecule has 1 fully saturated rings. The smallest absolute Gasteiger partial charge is 0.251 e. The van der Waals surface area contributed by atoms with Gasteiger partial charge < -0.3 is 15.0 Å². The number of hydrogen-bond acceptors (Lipinski definition) is 8. The second-order valence-corrected chi connectivity index (χ2v) is 12.6. The second-order valence-electron chi connectivity index (χ2n) is 10.6. The molecule has 3 aromatic heterocycles. The van der Waals surface area contributed by atoms with Gasteiger partial charge in [-0.1, -0.05) is 6.07 Å². The molecule has 214 valence electrons. The first kappa shape index (κ1) is 28.6. The standard InChI is InChI=1S/C30H32FN5O4S/c1-17-6-7-21(11-27(17)41(5,38)39)30(37)33-14-23-12-25-22(13-32-23)8-9-24(34-25)26-10-18(2)28(31)29(35-26)36-15-19(3)40-20(4)16-36/h6-13,19-20H,14-16H2,1-5H3,(H,33,37)/t19-,20+. The minimum atomic E-state index is -3.46. The molecule has 2 atom stereocenters. The summed E-state index contributed by atoms with van der Waals surface area (Å²) in [6.07, 6.45) is 2.71. The molecular formula is C30H32FN5O4S. The van der Waals surface area contributed by atoms with Gasteiger partial charge in [0.25, 0.3) is 5.91 Å². The quantitative estimate of drug-likeness (QED) is 0.359. The first-order chi connectivity index (χ1) is 19.4. The van der Waals surface area contributed by atoms with E-state index in [-0.39, 0.29) is 40.8 Å². The first-order valence-electron chi connectivity index (χ1n) is 13.3. The molecule has 41 heavy (non-hydrogen) atoms. The van der Waals surface area contributed by atoms with Crippen LogP contribution in [0.1, 0.15) is 41.0 Å². The molecule has 9 nitrogen and oxygen atoms in total. The fraction of sp³-hybridized carbons (Fsp3) is 0.333. The number of nitrogens with zero attached hydrogens (tertiary/aromatic N) is 4. The van der Waals surface area contributed by atoms with Crippen LogP contribution in [0.15, 0.2) is 53.6 Å². The third-order valence-electron chi connectivity index (χ3n) is 7.01. The molecule has 4 heterocycles. The van der Waals surface area contributed by atoms with Crippen molar-refractivity contribution in [1.82, 2.24) is 20.3 Å². The van der Waals surface area contributed by atoms with E-state index in [2.05, 4.69) is 15.3 Å². The van der Waals surface area contributed by atoms with E-state index in [1.807, 2.05) is 30.9 Å². The van der Waals surface area contributed by atoms with Crippen LogP contribution in [-0.2, 0) is 21.1 Å². The fourth-order valence-corrected chi connectivity index (χ4v) is 6.04. The molecule has 0 aliphatic carbocycles. The molecule has 0 radical (unpaired) electrons. The number of aryl methyl sites for hydroxylation is 2. The summed E-state index contributed by atoms with van der Waals surface area (Å²) in [4.78, 5) is 28.7. The molecule has 1 amide bonds. The van der Waals surface area contributed by atoms with Gasteiger partial charge in [-0.2, -0.15) is 0 Å². The molecule has 1 saturated heterocycles. The van der Waals surface area contributed by atoms with E-state index in [1.54, 1.807) is 44.3 Å². The Labute approximate surface area is 238 Å². The van der Waals surface area contributed by atoms with Crippen LogP contribution >= 0.6 is 0 Å². The molecule has 1 aliphatic heterocycles.